The predicted molar refractivity (Wildman–Crippen MR) is 68.4 cm³/mol. The third-order valence-corrected chi connectivity index (χ3v) is 2.18. The molecule has 0 aromatic rings. The zero-order chi connectivity index (χ0) is 10.6. The van der Waals surface area contributed by atoms with Crippen molar-refractivity contribution in [2.45, 2.75) is 45.4 Å². The standard InChI is InChI=1S/C13H19Br/c1-3-4-5-6-7-8-9-10-11-12-13(2)14/h3-4H,2,5-7,10-12H2,1H3. The highest BCUT2D eigenvalue weighted by atomic mass is 79.9. The van der Waals surface area contributed by atoms with Gasteiger partial charge in [-0.25, -0.2) is 0 Å². The van der Waals surface area contributed by atoms with Gasteiger partial charge in [-0.05, 0) is 37.1 Å². The minimum absolute atomic E-state index is 0.994. The molecule has 0 aliphatic carbocycles. The van der Waals surface area contributed by atoms with Crippen molar-refractivity contribution < 1.29 is 0 Å². The SMILES string of the molecule is C=C(Br)CCCC#CCCCC=CC. The van der Waals surface area contributed by atoms with Gasteiger partial charge in [0.2, 0.25) is 0 Å². The summed E-state index contributed by atoms with van der Waals surface area (Å²) in [5, 5.41) is 0. The van der Waals surface area contributed by atoms with Gasteiger partial charge < -0.3 is 0 Å². The molecule has 0 saturated carbocycles. The molecular formula is C13H19Br. The normalized spacial score (nSPS) is 9.86. The molecule has 78 valence electrons. The van der Waals surface area contributed by atoms with E-state index in [-0.39, 0.29) is 0 Å². The molecule has 0 bridgehead atoms. The third-order valence-electron chi connectivity index (χ3n) is 1.78. The van der Waals surface area contributed by atoms with Gasteiger partial charge in [0.05, 0.1) is 0 Å². The van der Waals surface area contributed by atoms with E-state index in [1.54, 1.807) is 0 Å². The summed E-state index contributed by atoms with van der Waals surface area (Å²) in [6.07, 6.45) is 10.8. The minimum atomic E-state index is 0.994. The highest BCUT2D eigenvalue weighted by Gasteiger charge is 1.86. The Morgan fingerprint density at radius 1 is 1.29 bits per heavy atom. The van der Waals surface area contributed by atoms with Gasteiger partial charge >= 0.3 is 0 Å². The van der Waals surface area contributed by atoms with E-state index >= 15 is 0 Å². The first kappa shape index (κ1) is 13.5. The molecule has 1 heteroatoms. The van der Waals surface area contributed by atoms with Crippen LogP contribution in [-0.2, 0) is 0 Å². The summed E-state index contributed by atoms with van der Waals surface area (Å²) < 4.78 is 1.08. The van der Waals surface area contributed by atoms with Crippen LogP contribution in [0.2, 0.25) is 0 Å². The smallest absolute Gasteiger partial charge is 0.00920 e. The molecular weight excluding hydrogens is 236 g/mol. The summed E-state index contributed by atoms with van der Waals surface area (Å²) in [5.41, 5.74) is 0. The Morgan fingerprint density at radius 2 is 1.93 bits per heavy atom. The van der Waals surface area contributed by atoms with Crippen LogP contribution in [0.1, 0.15) is 45.4 Å². The van der Waals surface area contributed by atoms with E-state index in [4.69, 9.17) is 0 Å². The lowest BCUT2D eigenvalue weighted by Gasteiger charge is -1.91. The summed E-state index contributed by atoms with van der Waals surface area (Å²) >= 11 is 3.34. The second-order valence-corrected chi connectivity index (χ2v) is 4.31. The Morgan fingerprint density at radius 3 is 2.50 bits per heavy atom. The molecule has 0 atom stereocenters. The Hall–Kier alpha value is -0.480. The summed E-state index contributed by atoms with van der Waals surface area (Å²) in [4.78, 5) is 0. The molecule has 0 fully saturated rings. The van der Waals surface area contributed by atoms with Crippen LogP contribution < -0.4 is 0 Å². The fourth-order valence-corrected chi connectivity index (χ4v) is 1.30. The van der Waals surface area contributed by atoms with Gasteiger partial charge in [0.25, 0.3) is 0 Å². The quantitative estimate of drug-likeness (QED) is 0.363. The van der Waals surface area contributed by atoms with Crippen molar-refractivity contribution in [3.05, 3.63) is 23.2 Å². The van der Waals surface area contributed by atoms with Gasteiger partial charge in [-0.1, -0.05) is 34.7 Å². The molecule has 0 unspecified atom stereocenters. The van der Waals surface area contributed by atoms with Crippen molar-refractivity contribution in [3.63, 3.8) is 0 Å². The summed E-state index contributed by atoms with van der Waals surface area (Å²) in [7, 11) is 0. The average Bonchev–Trinajstić information content (AvgIpc) is 2.15. The maximum absolute atomic E-state index is 3.78. The Labute approximate surface area is 96.6 Å². The Bertz CT molecular complexity index is 227. The van der Waals surface area contributed by atoms with Crippen LogP contribution in [0.5, 0.6) is 0 Å². The van der Waals surface area contributed by atoms with Crippen LogP contribution in [-0.4, -0.2) is 0 Å². The first-order chi connectivity index (χ1) is 6.77. The summed E-state index contributed by atoms with van der Waals surface area (Å²) in [5.74, 6) is 6.37. The fraction of sp³-hybridized carbons (Fsp3) is 0.538. The third kappa shape index (κ3) is 11.5. The molecule has 0 saturated heterocycles. The molecule has 0 radical (unpaired) electrons. The van der Waals surface area contributed by atoms with E-state index in [0.717, 1.165) is 36.6 Å². The van der Waals surface area contributed by atoms with Gasteiger partial charge in [0.1, 0.15) is 0 Å². The molecule has 0 aromatic heterocycles. The van der Waals surface area contributed by atoms with E-state index in [1.165, 1.54) is 6.42 Å². The van der Waals surface area contributed by atoms with E-state index in [9.17, 15) is 0 Å². The van der Waals surface area contributed by atoms with Gasteiger partial charge in [-0.2, -0.15) is 0 Å². The lowest BCUT2D eigenvalue weighted by atomic mass is 10.2. The molecule has 0 aliphatic heterocycles. The molecule has 0 aliphatic rings. The highest BCUT2D eigenvalue weighted by molar-refractivity contribution is 9.11. The average molecular weight is 255 g/mol. The maximum atomic E-state index is 3.78. The predicted octanol–water partition coefficient (Wildman–Crippen LogP) is 4.82. The number of rotatable bonds is 6. The zero-order valence-electron chi connectivity index (χ0n) is 8.98. The van der Waals surface area contributed by atoms with Crippen molar-refractivity contribution in [3.8, 4) is 11.8 Å². The molecule has 0 rings (SSSR count). The van der Waals surface area contributed by atoms with E-state index in [2.05, 4.69) is 53.4 Å². The summed E-state index contributed by atoms with van der Waals surface area (Å²) in [6, 6.07) is 0. The first-order valence-electron chi connectivity index (χ1n) is 5.17. The van der Waals surface area contributed by atoms with Crippen LogP contribution in [0.3, 0.4) is 0 Å². The lowest BCUT2D eigenvalue weighted by Crippen LogP contribution is -1.73. The first-order valence-corrected chi connectivity index (χ1v) is 5.97. The number of unbranched alkanes of at least 4 members (excludes halogenated alkanes) is 3. The highest BCUT2D eigenvalue weighted by Crippen LogP contribution is 2.10. The van der Waals surface area contributed by atoms with Crippen LogP contribution in [0, 0.1) is 11.8 Å². The van der Waals surface area contributed by atoms with Crippen molar-refractivity contribution in [2.24, 2.45) is 0 Å². The second-order valence-electron chi connectivity index (χ2n) is 3.19. The van der Waals surface area contributed by atoms with Crippen molar-refractivity contribution in [1.82, 2.24) is 0 Å². The maximum Gasteiger partial charge on any atom is 0.00920 e. The van der Waals surface area contributed by atoms with Gasteiger partial charge in [0, 0.05) is 12.8 Å². The molecule has 14 heavy (non-hydrogen) atoms. The summed E-state index contributed by atoms with van der Waals surface area (Å²) in [6.45, 7) is 5.84. The Kier molecular flexibility index (Phi) is 10.2. The number of hydrogen-bond donors (Lipinski definition) is 0. The van der Waals surface area contributed by atoms with Crippen LogP contribution in [0.4, 0.5) is 0 Å². The topological polar surface area (TPSA) is 0 Å². The second kappa shape index (κ2) is 10.6. The lowest BCUT2D eigenvalue weighted by molar-refractivity contribution is 0.866. The molecule has 0 nitrogen and oxygen atoms in total. The minimum Gasteiger partial charge on any atom is -0.103 e. The van der Waals surface area contributed by atoms with Crippen LogP contribution >= 0.6 is 15.9 Å². The number of allylic oxidation sites excluding steroid dienone is 3. The van der Waals surface area contributed by atoms with E-state index in [0.29, 0.717) is 0 Å². The number of hydrogen-bond acceptors (Lipinski definition) is 0. The molecule has 0 aromatic carbocycles. The van der Waals surface area contributed by atoms with Gasteiger partial charge in [0.15, 0.2) is 0 Å². The molecule has 0 heterocycles. The van der Waals surface area contributed by atoms with Gasteiger partial charge in [-0.15, -0.1) is 11.8 Å². The fourth-order valence-electron chi connectivity index (χ4n) is 1.02. The van der Waals surface area contributed by atoms with E-state index < -0.39 is 0 Å². The van der Waals surface area contributed by atoms with Crippen molar-refractivity contribution in [1.29, 1.82) is 0 Å². The Balaban J connectivity index is 3.22. The van der Waals surface area contributed by atoms with Crippen molar-refractivity contribution in [2.75, 3.05) is 0 Å². The zero-order valence-corrected chi connectivity index (χ0v) is 10.6. The van der Waals surface area contributed by atoms with Crippen LogP contribution in [0.25, 0.3) is 0 Å². The number of halogens is 1. The van der Waals surface area contributed by atoms with E-state index in [1.807, 2.05) is 0 Å². The monoisotopic (exact) mass is 254 g/mol. The van der Waals surface area contributed by atoms with Crippen LogP contribution in [0.15, 0.2) is 23.2 Å². The van der Waals surface area contributed by atoms with Crippen molar-refractivity contribution >= 4 is 15.9 Å². The molecule has 0 spiro atoms. The molecule has 0 amide bonds. The molecule has 0 N–H and O–H groups in total. The van der Waals surface area contributed by atoms with Gasteiger partial charge in [-0.3, -0.25) is 0 Å². The largest absolute Gasteiger partial charge is 0.103 e.